The van der Waals surface area contributed by atoms with Crippen molar-refractivity contribution in [3.8, 4) is 0 Å². The van der Waals surface area contributed by atoms with Crippen molar-refractivity contribution in [2.24, 2.45) is 0 Å². The lowest BCUT2D eigenvalue weighted by atomic mass is 10.7. The average molecular weight is 206 g/mol. The van der Waals surface area contributed by atoms with Crippen LogP contribution in [0.1, 0.15) is 6.92 Å². The largest absolute Gasteiger partial charge is 0.259 e. The van der Waals surface area contributed by atoms with Crippen molar-refractivity contribution in [2.75, 3.05) is 17.3 Å². The van der Waals surface area contributed by atoms with Crippen LogP contribution >= 0.6 is 0 Å². The summed E-state index contributed by atoms with van der Waals surface area (Å²) in [6, 6.07) is 0. The normalized spacial score (nSPS) is 16.1. The number of rotatable bonds is 6. The van der Waals surface area contributed by atoms with Crippen LogP contribution in [0.3, 0.4) is 0 Å². The third-order valence-electron chi connectivity index (χ3n) is 1.12. The lowest BCUT2D eigenvalue weighted by molar-refractivity contribution is 0.687. The highest BCUT2D eigenvalue weighted by Crippen LogP contribution is 1.88. The third kappa shape index (κ3) is 6.49. The Hall–Kier alpha value is -0.220. The van der Waals surface area contributed by atoms with Crippen LogP contribution in [-0.4, -0.2) is 25.7 Å². The fourth-order valence-electron chi connectivity index (χ4n) is 0.550. The molecule has 0 heterocycles. The number of hydrogen-bond donors (Lipinski definition) is 0. The maximum Gasteiger partial charge on any atom is 0.0450 e. The maximum atomic E-state index is 11.0. The minimum Gasteiger partial charge on any atom is -0.259 e. The van der Waals surface area contributed by atoms with E-state index in [1.165, 1.54) is 0 Å². The first-order chi connectivity index (χ1) is 5.70. The van der Waals surface area contributed by atoms with E-state index in [0.29, 0.717) is 17.3 Å². The Bertz CT molecular complexity index is 209. The molecular formula is C8H14O2S2. The van der Waals surface area contributed by atoms with E-state index < -0.39 is 21.6 Å². The second-order valence-electron chi connectivity index (χ2n) is 2.10. The lowest BCUT2D eigenvalue weighted by Crippen LogP contribution is -1.97. The van der Waals surface area contributed by atoms with Crippen molar-refractivity contribution in [2.45, 2.75) is 6.92 Å². The smallest absolute Gasteiger partial charge is 0.0450 e. The standard InChI is InChI=1S/C8H14O2S2/c1-3-6-12(10)8-5-7-11(9)4-2/h3,5,7H,1,4,6,8H2,2H3/b7-5+. The van der Waals surface area contributed by atoms with Gasteiger partial charge < -0.3 is 0 Å². The zero-order valence-corrected chi connectivity index (χ0v) is 8.83. The van der Waals surface area contributed by atoms with Crippen molar-refractivity contribution in [1.29, 1.82) is 0 Å². The molecular weight excluding hydrogens is 192 g/mol. The average Bonchev–Trinajstić information content (AvgIpc) is 2.04. The highest BCUT2D eigenvalue weighted by Gasteiger charge is 1.92. The van der Waals surface area contributed by atoms with E-state index in [-0.39, 0.29) is 0 Å². The van der Waals surface area contributed by atoms with Gasteiger partial charge in [-0.3, -0.25) is 8.42 Å². The van der Waals surface area contributed by atoms with E-state index in [4.69, 9.17) is 0 Å². The quantitative estimate of drug-likeness (QED) is 0.612. The van der Waals surface area contributed by atoms with Crippen LogP contribution in [0.15, 0.2) is 24.1 Å². The molecule has 0 aromatic rings. The molecule has 0 aliphatic carbocycles. The molecule has 0 radical (unpaired) electrons. The Kier molecular flexibility index (Phi) is 7.29. The molecule has 0 fully saturated rings. The fourth-order valence-corrected chi connectivity index (χ4v) is 1.88. The van der Waals surface area contributed by atoms with Gasteiger partial charge in [-0.05, 0) is 5.41 Å². The van der Waals surface area contributed by atoms with Gasteiger partial charge in [0.05, 0.1) is 0 Å². The summed E-state index contributed by atoms with van der Waals surface area (Å²) in [7, 11) is -1.77. The summed E-state index contributed by atoms with van der Waals surface area (Å²) >= 11 is 0. The van der Waals surface area contributed by atoms with Crippen LogP contribution in [0.4, 0.5) is 0 Å². The Morgan fingerprint density at radius 2 is 2.00 bits per heavy atom. The van der Waals surface area contributed by atoms with Gasteiger partial charge in [0.25, 0.3) is 0 Å². The zero-order chi connectivity index (χ0) is 9.40. The first kappa shape index (κ1) is 11.8. The predicted octanol–water partition coefficient (Wildman–Crippen LogP) is 1.20. The van der Waals surface area contributed by atoms with E-state index in [1.54, 1.807) is 17.6 Å². The highest BCUT2D eigenvalue weighted by molar-refractivity contribution is 7.88. The second-order valence-corrected chi connectivity index (χ2v) is 5.26. The minimum atomic E-state index is -0.888. The third-order valence-corrected chi connectivity index (χ3v) is 3.36. The molecule has 2 nitrogen and oxygen atoms in total. The Labute approximate surface area is 78.7 Å². The molecule has 0 spiro atoms. The molecule has 4 heteroatoms. The van der Waals surface area contributed by atoms with E-state index in [2.05, 4.69) is 6.58 Å². The van der Waals surface area contributed by atoms with Gasteiger partial charge in [0.2, 0.25) is 0 Å². The minimum absolute atomic E-state index is 0.470. The molecule has 2 atom stereocenters. The van der Waals surface area contributed by atoms with Crippen molar-refractivity contribution in [1.82, 2.24) is 0 Å². The summed E-state index contributed by atoms with van der Waals surface area (Å²) in [5, 5.41) is 1.60. The summed E-state index contributed by atoms with van der Waals surface area (Å²) in [6.45, 7) is 5.33. The summed E-state index contributed by atoms with van der Waals surface area (Å²) in [6.07, 6.45) is 3.33. The SMILES string of the molecule is C=CCS(=O)C/C=C/S(=O)CC. The van der Waals surface area contributed by atoms with Gasteiger partial charge in [0, 0.05) is 38.9 Å². The second kappa shape index (κ2) is 7.43. The molecule has 0 rings (SSSR count). The summed E-state index contributed by atoms with van der Waals surface area (Å²) in [5.41, 5.74) is 0. The first-order valence-corrected chi connectivity index (χ1v) is 6.57. The van der Waals surface area contributed by atoms with Gasteiger partial charge >= 0.3 is 0 Å². The molecule has 0 amide bonds. The fraction of sp³-hybridized carbons (Fsp3) is 0.500. The molecule has 0 N–H and O–H groups in total. The van der Waals surface area contributed by atoms with E-state index in [0.717, 1.165) is 0 Å². The van der Waals surface area contributed by atoms with Gasteiger partial charge in [0.1, 0.15) is 0 Å². The van der Waals surface area contributed by atoms with Gasteiger partial charge in [-0.25, -0.2) is 0 Å². The molecule has 0 aromatic carbocycles. The Balaban J connectivity index is 3.66. The topological polar surface area (TPSA) is 34.1 Å². The van der Waals surface area contributed by atoms with Gasteiger partial charge in [0.15, 0.2) is 0 Å². The van der Waals surface area contributed by atoms with Crippen molar-refractivity contribution >= 4 is 21.6 Å². The molecule has 0 aromatic heterocycles. The van der Waals surface area contributed by atoms with E-state index in [1.807, 2.05) is 6.92 Å². The van der Waals surface area contributed by atoms with Gasteiger partial charge in [-0.2, -0.15) is 0 Å². The summed E-state index contributed by atoms with van der Waals surface area (Å²) < 4.78 is 21.9. The van der Waals surface area contributed by atoms with Crippen LogP contribution in [-0.2, 0) is 21.6 Å². The first-order valence-electron chi connectivity index (χ1n) is 3.70. The van der Waals surface area contributed by atoms with Crippen LogP contribution in [0.25, 0.3) is 0 Å². The molecule has 0 aliphatic rings. The molecule has 0 bridgehead atoms. The van der Waals surface area contributed by atoms with Crippen LogP contribution in [0.2, 0.25) is 0 Å². The molecule has 2 unspecified atom stereocenters. The monoisotopic (exact) mass is 206 g/mol. The van der Waals surface area contributed by atoms with Crippen LogP contribution in [0, 0.1) is 0 Å². The van der Waals surface area contributed by atoms with Gasteiger partial charge in [-0.15, -0.1) is 6.58 Å². The van der Waals surface area contributed by atoms with Crippen LogP contribution in [0.5, 0.6) is 0 Å². The predicted molar refractivity (Wildman–Crippen MR) is 55.9 cm³/mol. The maximum absolute atomic E-state index is 11.0. The Morgan fingerprint density at radius 1 is 1.33 bits per heavy atom. The van der Waals surface area contributed by atoms with Crippen molar-refractivity contribution < 1.29 is 8.42 Å². The van der Waals surface area contributed by atoms with Crippen molar-refractivity contribution in [3.05, 3.63) is 24.1 Å². The van der Waals surface area contributed by atoms with Crippen LogP contribution < -0.4 is 0 Å². The lowest BCUT2D eigenvalue weighted by Gasteiger charge is -1.91. The summed E-state index contributed by atoms with van der Waals surface area (Å²) in [5.74, 6) is 1.59. The molecule has 0 saturated carbocycles. The highest BCUT2D eigenvalue weighted by atomic mass is 32.2. The van der Waals surface area contributed by atoms with Gasteiger partial charge in [-0.1, -0.05) is 19.1 Å². The molecule has 0 saturated heterocycles. The van der Waals surface area contributed by atoms with E-state index in [9.17, 15) is 8.42 Å². The number of hydrogen-bond acceptors (Lipinski definition) is 2. The van der Waals surface area contributed by atoms with E-state index >= 15 is 0 Å². The summed E-state index contributed by atoms with van der Waals surface area (Å²) in [4.78, 5) is 0. The Morgan fingerprint density at radius 3 is 2.50 bits per heavy atom. The van der Waals surface area contributed by atoms with Crippen molar-refractivity contribution in [3.63, 3.8) is 0 Å². The zero-order valence-electron chi connectivity index (χ0n) is 7.19. The molecule has 12 heavy (non-hydrogen) atoms. The molecule has 70 valence electrons. The molecule has 0 aliphatic heterocycles.